The number of hydrogen-bond donors (Lipinski definition) is 3. The predicted octanol–water partition coefficient (Wildman–Crippen LogP) is 4.52. The summed E-state index contributed by atoms with van der Waals surface area (Å²) in [5.41, 5.74) is 4.75. The number of nitrogens with one attached hydrogen (secondary N) is 2. The van der Waals surface area contributed by atoms with E-state index in [9.17, 15) is 19.5 Å². The van der Waals surface area contributed by atoms with Gasteiger partial charge in [0.05, 0.1) is 49.5 Å². The molecule has 11 heteroatoms. The second-order valence-corrected chi connectivity index (χ2v) is 11.6. The van der Waals surface area contributed by atoms with Gasteiger partial charge in [-0.1, -0.05) is 42.5 Å². The van der Waals surface area contributed by atoms with Crippen LogP contribution in [-0.4, -0.2) is 65.1 Å². The topological polar surface area (TPSA) is 133 Å². The second kappa shape index (κ2) is 10.5. The van der Waals surface area contributed by atoms with E-state index < -0.39 is 30.1 Å². The number of fused-ring (bicyclic) bond motifs is 9. The van der Waals surface area contributed by atoms with E-state index in [1.807, 2.05) is 75.9 Å². The highest BCUT2D eigenvalue weighted by atomic mass is 16.6. The summed E-state index contributed by atoms with van der Waals surface area (Å²) in [4.78, 5) is 39.8. The van der Waals surface area contributed by atoms with Crippen LogP contribution in [0.3, 0.4) is 0 Å². The van der Waals surface area contributed by atoms with Gasteiger partial charge in [0.15, 0.2) is 11.5 Å². The molecular formula is C35H30N4O7. The Balaban J connectivity index is 1.20. The van der Waals surface area contributed by atoms with Crippen LogP contribution in [0.5, 0.6) is 11.5 Å². The number of carbonyl (C=O) groups excluding carboxylic acids is 3. The molecule has 3 amide bonds. The minimum absolute atomic E-state index is 0.110. The maximum Gasteiger partial charge on any atom is 0.407 e. The molecule has 46 heavy (non-hydrogen) atoms. The van der Waals surface area contributed by atoms with Crippen LogP contribution in [-0.2, 0) is 24.2 Å². The van der Waals surface area contributed by atoms with Gasteiger partial charge in [-0.15, -0.1) is 0 Å². The zero-order chi connectivity index (χ0) is 31.7. The first-order valence-corrected chi connectivity index (χ1v) is 15.1. The number of nitrogens with zero attached hydrogens (tertiary/aromatic N) is 2. The Morgan fingerprint density at radius 1 is 0.848 bits per heavy atom. The molecule has 0 aliphatic carbocycles. The molecule has 0 bridgehead atoms. The molecule has 3 N–H and O–H groups in total. The van der Waals surface area contributed by atoms with Crippen molar-refractivity contribution in [1.82, 2.24) is 19.8 Å². The number of carbonyl (C=O) groups is 3. The van der Waals surface area contributed by atoms with Gasteiger partial charge >= 0.3 is 6.09 Å². The standard InChI is InChI=1S/C35H30N4O7/c1-44-24-12-11-18(15-25(24)45-2)13-14-36-35(43)46-26-17-39-22-10-6-4-8-20(22)28-30-29(33(41)37-34(30)42)27-19-7-3-5-9-21(19)38(16-23(26)40)31(27)32(28)39/h3-12,15,23,26,40H,13-14,16-17H2,1-2H3,(H,36,43)(H,37,41,42). The van der Waals surface area contributed by atoms with E-state index >= 15 is 0 Å². The normalized spacial score (nSPS) is 17.4. The Morgan fingerprint density at radius 2 is 1.43 bits per heavy atom. The number of aliphatic hydroxyl groups excluding tert-OH is 1. The first-order valence-electron chi connectivity index (χ1n) is 15.1. The Hall–Kier alpha value is -5.55. The van der Waals surface area contributed by atoms with E-state index in [1.165, 1.54) is 0 Å². The van der Waals surface area contributed by atoms with Crippen molar-refractivity contribution in [3.05, 3.63) is 83.4 Å². The van der Waals surface area contributed by atoms with Gasteiger partial charge in [0, 0.05) is 39.1 Å². The molecular weight excluding hydrogens is 588 g/mol. The van der Waals surface area contributed by atoms with Gasteiger partial charge in [0.25, 0.3) is 11.8 Å². The fraction of sp³-hybridized carbons (Fsp3) is 0.229. The molecule has 2 unspecified atom stereocenters. The first-order chi connectivity index (χ1) is 22.4. The summed E-state index contributed by atoms with van der Waals surface area (Å²) in [7, 11) is 3.14. The highest BCUT2D eigenvalue weighted by Gasteiger charge is 2.39. The molecule has 0 radical (unpaired) electrons. The highest BCUT2D eigenvalue weighted by Crippen LogP contribution is 2.45. The molecule has 2 aromatic heterocycles. The molecule has 4 heterocycles. The van der Waals surface area contributed by atoms with Crippen LogP contribution in [0.25, 0.3) is 43.6 Å². The Labute approximate surface area is 262 Å². The van der Waals surface area contributed by atoms with Crippen molar-refractivity contribution in [2.45, 2.75) is 31.7 Å². The molecule has 2 aliphatic heterocycles. The van der Waals surface area contributed by atoms with Crippen LogP contribution in [0.1, 0.15) is 26.3 Å². The quantitative estimate of drug-likeness (QED) is 0.234. The zero-order valence-corrected chi connectivity index (χ0v) is 25.1. The van der Waals surface area contributed by atoms with Crippen molar-refractivity contribution in [1.29, 1.82) is 0 Å². The number of aromatic nitrogens is 2. The summed E-state index contributed by atoms with van der Waals surface area (Å²) in [6, 6.07) is 20.9. The molecule has 232 valence electrons. The Morgan fingerprint density at radius 3 is 2.04 bits per heavy atom. The Kier molecular flexibility index (Phi) is 6.40. The molecule has 0 saturated heterocycles. The lowest BCUT2D eigenvalue weighted by atomic mass is 9.96. The molecule has 2 atom stereocenters. The number of ether oxygens (including phenoxy) is 3. The molecule has 4 aromatic carbocycles. The largest absolute Gasteiger partial charge is 0.493 e. The van der Waals surface area contributed by atoms with Crippen LogP contribution >= 0.6 is 0 Å². The average molecular weight is 619 g/mol. The number of amides is 3. The van der Waals surface area contributed by atoms with Gasteiger partial charge in [0.2, 0.25) is 0 Å². The van der Waals surface area contributed by atoms with Crippen LogP contribution in [0.4, 0.5) is 4.79 Å². The first kappa shape index (κ1) is 28.0. The van der Waals surface area contributed by atoms with Crippen molar-refractivity contribution in [3.63, 3.8) is 0 Å². The summed E-state index contributed by atoms with van der Waals surface area (Å²) < 4.78 is 20.6. The summed E-state index contributed by atoms with van der Waals surface area (Å²) in [6.45, 7) is 0.548. The van der Waals surface area contributed by atoms with Crippen molar-refractivity contribution < 1.29 is 33.7 Å². The van der Waals surface area contributed by atoms with E-state index in [4.69, 9.17) is 14.2 Å². The summed E-state index contributed by atoms with van der Waals surface area (Å²) in [5, 5.41) is 19.9. The van der Waals surface area contributed by atoms with E-state index in [1.54, 1.807) is 14.2 Å². The maximum atomic E-state index is 13.4. The van der Waals surface area contributed by atoms with Gasteiger partial charge in [-0.25, -0.2) is 4.79 Å². The van der Waals surface area contributed by atoms with Crippen molar-refractivity contribution in [2.75, 3.05) is 20.8 Å². The number of hydrogen-bond acceptors (Lipinski definition) is 7. The van der Waals surface area contributed by atoms with Gasteiger partial charge in [-0.2, -0.15) is 0 Å². The number of imide groups is 1. The SMILES string of the molecule is COc1ccc(CCNC(=O)OC2Cn3c4ccccc4c4c5c(c6c7ccccc7n(c6c43)CC2O)C(=O)NC5=O)cc1OC. The van der Waals surface area contributed by atoms with Gasteiger partial charge in [0.1, 0.15) is 12.2 Å². The molecule has 8 rings (SSSR count). The minimum Gasteiger partial charge on any atom is -0.493 e. The van der Waals surface area contributed by atoms with E-state index in [0.717, 1.165) is 38.4 Å². The van der Waals surface area contributed by atoms with Crippen molar-refractivity contribution >= 4 is 61.5 Å². The Bertz CT molecular complexity index is 2270. The average Bonchev–Trinajstić information content (AvgIpc) is 3.66. The fourth-order valence-corrected chi connectivity index (χ4v) is 7.16. The molecule has 2 aliphatic rings. The summed E-state index contributed by atoms with van der Waals surface area (Å²) >= 11 is 0. The molecule has 0 fully saturated rings. The third-order valence-electron chi connectivity index (χ3n) is 9.15. The van der Waals surface area contributed by atoms with Crippen LogP contribution in [0.2, 0.25) is 0 Å². The lowest BCUT2D eigenvalue weighted by Crippen LogP contribution is -2.41. The van der Waals surface area contributed by atoms with Crippen LogP contribution in [0.15, 0.2) is 66.7 Å². The highest BCUT2D eigenvalue weighted by molar-refractivity contribution is 6.39. The summed E-state index contributed by atoms with van der Waals surface area (Å²) in [5.74, 6) is 0.348. The number of rotatable bonds is 6. The molecule has 0 spiro atoms. The lowest BCUT2D eigenvalue weighted by molar-refractivity contribution is -0.0122. The van der Waals surface area contributed by atoms with E-state index in [-0.39, 0.29) is 13.1 Å². The summed E-state index contributed by atoms with van der Waals surface area (Å²) in [6.07, 6.45) is -2.13. The third kappa shape index (κ3) is 4.05. The lowest BCUT2D eigenvalue weighted by Gasteiger charge is -2.28. The maximum absolute atomic E-state index is 13.4. The zero-order valence-electron chi connectivity index (χ0n) is 25.1. The number of para-hydroxylation sites is 2. The molecule has 0 saturated carbocycles. The van der Waals surface area contributed by atoms with Crippen molar-refractivity contribution in [2.24, 2.45) is 0 Å². The molecule has 6 aromatic rings. The minimum atomic E-state index is -1.08. The fourth-order valence-electron chi connectivity index (χ4n) is 7.16. The second-order valence-electron chi connectivity index (χ2n) is 11.6. The van der Waals surface area contributed by atoms with Gasteiger partial charge in [-0.05, 0) is 36.2 Å². The number of alkyl carbamates (subject to hydrolysis) is 1. The predicted molar refractivity (Wildman–Crippen MR) is 172 cm³/mol. The number of benzene rings is 4. The van der Waals surface area contributed by atoms with E-state index in [2.05, 4.69) is 10.6 Å². The number of methoxy groups -OCH3 is 2. The molecule has 11 nitrogen and oxygen atoms in total. The number of aliphatic hydroxyl groups is 1. The van der Waals surface area contributed by atoms with E-state index in [0.29, 0.717) is 46.4 Å². The van der Waals surface area contributed by atoms with Crippen LogP contribution in [0, 0.1) is 0 Å². The monoisotopic (exact) mass is 618 g/mol. The van der Waals surface area contributed by atoms with Gasteiger partial charge in [-0.3, -0.25) is 14.9 Å². The third-order valence-corrected chi connectivity index (χ3v) is 9.15. The smallest absolute Gasteiger partial charge is 0.407 e. The van der Waals surface area contributed by atoms with Gasteiger partial charge < -0.3 is 33.8 Å². The van der Waals surface area contributed by atoms with Crippen LogP contribution < -0.4 is 20.1 Å². The van der Waals surface area contributed by atoms with Crippen molar-refractivity contribution in [3.8, 4) is 11.5 Å².